The second kappa shape index (κ2) is 5.74. The van der Waals surface area contributed by atoms with E-state index in [1.807, 2.05) is 31.2 Å². The van der Waals surface area contributed by atoms with Gasteiger partial charge in [0, 0.05) is 12.4 Å². The van der Waals surface area contributed by atoms with Crippen molar-refractivity contribution in [3.8, 4) is 5.75 Å². The molecule has 0 bridgehead atoms. The molecule has 1 aliphatic rings. The van der Waals surface area contributed by atoms with E-state index in [0.717, 1.165) is 11.3 Å². The highest BCUT2D eigenvalue weighted by molar-refractivity contribution is 6.32. The number of fused-ring (bicyclic) bond motifs is 1. The van der Waals surface area contributed by atoms with Crippen molar-refractivity contribution in [3.63, 3.8) is 0 Å². The van der Waals surface area contributed by atoms with Crippen LogP contribution >= 0.6 is 11.6 Å². The molecule has 0 fully saturated rings. The third-order valence-corrected chi connectivity index (χ3v) is 3.67. The summed E-state index contributed by atoms with van der Waals surface area (Å²) in [5.41, 5.74) is 1.62. The van der Waals surface area contributed by atoms with E-state index < -0.39 is 0 Å². The Balaban J connectivity index is 1.89. The third kappa shape index (κ3) is 2.85. The summed E-state index contributed by atoms with van der Waals surface area (Å²) >= 11 is 6.16. The fourth-order valence-corrected chi connectivity index (χ4v) is 2.64. The van der Waals surface area contributed by atoms with Gasteiger partial charge < -0.3 is 9.64 Å². The third-order valence-electron chi connectivity index (χ3n) is 3.37. The molecule has 2 heterocycles. The van der Waals surface area contributed by atoms with Gasteiger partial charge in [-0.05, 0) is 30.7 Å². The molecule has 2 aromatic rings. The number of halogens is 1. The van der Waals surface area contributed by atoms with Crippen LogP contribution in [0.4, 0.5) is 5.69 Å². The van der Waals surface area contributed by atoms with Crippen LogP contribution < -0.4 is 9.64 Å². The fourth-order valence-electron chi connectivity index (χ4n) is 2.43. The van der Waals surface area contributed by atoms with Gasteiger partial charge in [-0.15, -0.1) is 0 Å². The highest BCUT2D eigenvalue weighted by atomic mass is 35.5. The number of hydrogen-bond acceptors (Lipinski definition) is 3. The van der Waals surface area contributed by atoms with Gasteiger partial charge in [0.25, 0.3) is 0 Å². The number of ether oxygens (including phenoxy) is 1. The fraction of sp³-hybridized carbons (Fsp3) is 0.250. The van der Waals surface area contributed by atoms with Crippen LogP contribution in [0.2, 0.25) is 5.02 Å². The molecule has 0 N–H and O–H groups in total. The summed E-state index contributed by atoms with van der Waals surface area (Å²) in [4.78, 5) is 18.4. The number of para-hydroxylation sites is 1. The Labute approximate surface area is 128 Å². The minimum atomic E-state index is -0.0877. The lowest BCUT2D eigenvalue weighted by Gasteiger charge is -2.34. The largest absolute Gasteiger partial charge is 0.485 e. The van der Waals surface area contributed by atoms with Crippen molar-refractivity contribution in [2.75, 3.05) is 11.4 Å². The number of amides is 1. The smallest absolute Gasteiger partial charge is 0.231 e. The zero-order valence-electron chi connectivity index (χ0n) is 11.6. The molecule has 21 heavy (non-hydrogen) atoms. The number of carbonyl (C=O) groups excluding carboxylic acids is 1. The van der Waals surface area contributed by atoms with Crippen molar-refractivity contribution in [3.05, 3.63) is 53.3 Å². The molecule has 1 aromatic heterocycles. The SMILES string of the molecule is C[C@@H]1CN(C(=O)Cc2cccnc2)c2cccc(Cl)c2O1. The molecule has 1 amide bonds. The zero-order valence-corrected chi connectivity index (χ0v) is 12.4. The summed E-state index contributed by atoms with van der Waals surface area (Å²) < 4.78 is 5.75. The van der Waals surface area contributed by atoms with Gasteiger partial charge in [-0.3, -0.25) is 9.78 Å². The topological polar surface area (TPSA) is 42.4 Å². The van der Waals surface area contributed by atoms with Crippen LogP contribution in [0.3, 0.4) is 0 Å². The van der Waals surface area contributed by atoms with Gasteiger partial charge in [0.2, 0.25) is 5.91 Å². The molecule has 3 rings (SSSR count). The quantitative estimate of drug-likeness (QED) is 0.856. The first-order chi connectivity index (χ1) is 10.1. The molecule has 0 saturated heterocycles. The van der Waals surface area contributed by atoms with E-state index in [2.05, 4.69) is 4.98 Å². The van der Waals surface area contributed by atoms with Crippen molar-refractivity contribution < 1.29 is 9.53 Å². The second-order valence-electron chi connectivity index (χ2n) is 5.06. The average Bonchev–Trinajstić information content (AvgIpc) is 2.48. The summed E-state index contributed by atoms with van der Waals surface area (Å²) in [5, 5.41) is 0.526. The van der Waals surface area contributed by atoms with Gasteiger partial charge in [0.15, 0.2) is 5.75 Å². The number of benzene rings is 1. The molecule has 0 saturated carbocycles. The van der Waals surface area contributed by atoms with Crippen LogP contribution in [-0.2, 0) is 11.2 Å². The predicted octanol–water partition coefficient (Wildman–Crippen LogP) is 3.09. The highest BCUT2D eigenvalue weighted by Crippen LogP contribution is 2.39. The van der Waals surface area contributed by atoms with E-state index in [1.54, 1.807) is 23.4 Å². The lowest BCUT2D eigenvalue weighted by atomic mass is 10.1. The Morgan fingerprint density at radius 3 is 3.05 bits per heavy atom. The highest BCUT2D eigenvalue weighted by Gasteiger charge is 2.28. The lowest BCUT2D eigenvalue weighted by Crippen LogP contribution is -2.43. The van der Waals surface area contributed by atoms with Gasteiger partial charge in [0.05, 0.1) is 23.7 Å². The van der Waals surface area contributed by atoms with Crippen molar-refractivity contribution in [1.29, 1.82) is 0 Å². The molecule has 108 valence electrons. The maximum absolute atomic E-state index is 12.6. The number of hydrogen-bond donors (Lipinski definition) is 0. The summed E-state index contributed by atoms with van der Waals surface area (Å²) in [6, 6.07) is 9.17. The number of rotatable bonds is 2. The van der Waals surface area contributed by atoms with E-state index in [1.165, 1.54) is 0 Å². The summed E-state index contributed by atoms with van der Waals surface area (Å²) in [7, 11) is 0. The van der Waals surface area contributed by atoms with E-state index in [4.69, 9.17) is 16.3 Å². The summed E-state index contributed by atoms with van der Waals surface area (Å²) in [5.74, 6) is 0.596. The normalized spacial score (nSPS) is 17.0. The van der Waals surface area contributed by atoms with Crippen molar-refractivity contribution >= 4 is 23.2 Å². The lowest BCUT2D eigenvalue weighted by molar-refractivity contribution is -0.118. The standard InChI is InChI=1S/C16H15ClN2O2/c1-11-10-19(14-6-2-5-13(17)16(14)21-11)15(20)8-12-4-3-7-18-9-12/h2-7,9,11H,8,10H2,1H3/t11-/m1/s1. The Morgan fingerprint density at radius 2 is 2.29 bits per heavy atom. The molecular weight excluding hydrogens is 288 g/mol. The second-order valence-corrected chi connectivity index (χ2v) is 5.47. The maximum atomic E-state index is 12.6. The van der Waals surface area contributed by atoms with Gasteiger partial charge in [-0.2, -0.15) is 0 Å². The molecule has 1 aliphatic heterocycles. The number of carbonyl (C=O) groups is 1. The monoisotopic (exact) mass is 302 g/mol. The van der Waals surface area contributed by atoms with E-state index in [9.17, 15) is 4.79 Å². The molecule has 0 aliphatic carbocycles. The molecule has 1 atom stereocenters. The minimum Gasteiger partial charge on any atom is -0.485 e. The summed E-state index contributed by atoms with van der Waals surface area (Å²) in [6.07, 6.45) is 3.63. The van der Waals surface area contributed by atoms with Gasteiger partial charge in [0.1, 0.15) is 6.10 Å². The molecule has 0 radical (unpaired) electrons. The van der Waals surface area contributed by atoms with Gasteiger partial charge in [-0.25, -0.2) is 0 Å². The Hall–Kier alpha value is -2.07. The molecule has 0 spiro atoms. The molecule has 5 heteroatoms. The Morgan fingerprint density at radius 1 is 1.43 bits per heavy atom. The van der Waals surface area contributed by atoms with E-state index >= 15 is 0 Å². The van der Waals surface area contributed by atoms with Crippen molar-refractivity contribution in [2.24, 2.45) is 0 Å². The van der Waals surface area contributed by atoms with E-state index in [-0.39, 0.29) is 12.0 Å². The number of aromatic nitrogens is 1. The van der Waals surface area contributed by atoms with Crippen LogP contribution in [0.25, 0.3) is 0 Å². The Bertz CT molecular complexity index is 661. The van der Waals surface area contributed by atoms with Gasteiger partial charge in [-0.1, -0.05) is 23.7 Å². The number of nitrogens with zero attached hydrogens (tertiary/aromatic N) is 2. The maximum Gasteiger partial charge on any atom is 0.231 e. The molecule has 0 unspecified atom stereocenters. The average molecular weight is 303 g/mol. The number of anilines is 1. The summed E-state index contributed by atoms with van der Waals surface area (Å²) in [6.45, 7) is 2.45. The molecule has 1 aromatic carbocycles. The Kier molecular flexibility index (Phi) is 3.80. The first-order valence-corrected chi connectivity index (χ1v) is 7.17. The number of pyridine rings is 1. The molecular formula is C16H15ClN2O2. The predicted molar refractivity (Wildman–Crippen MR) is 81.8 cm³/mol. The van der Waals surface area contributed by atoms with Gasteiger partial charge >= 0.3 is 0 Å². The van der Waals surface area contributed by atoms with Crippen LogP contribution in [0.15, 0.2) is 42.7 Å². The zero-order chi connectivity index (χ0) is 14.8. The first kappa shape index (κ1) is 13.9. The van der Waals surface area contributed by atoms with Crippen molar-refractivity contribution in [2.45, 2.75) is 19.4 Å². The van der Waals surface area contributed by atoms with Crippen LogP contribution in [0.1, 0.15) is 12.5 Å². The minimum absolute atomic E-state index is 0.0154. The van der Waals surface area contributed by atoms with Crippen LogP contribution in [0, 0.1) is 0 Å². The van der Waals surface area contributed by atoms with Crippen molar-refractivity contribution in [1.82, 2.24) is 4.98 Å². The van der Waals surface area contributed by atoms with E-state index in [0.29, 0.717) is 23.7 Å². The van der Waals surface area contributed by atoms with Crippen LogP contribution in [0.5, 0.6) is 5.75 Å². The first-order valence-electron chi connectivity index (χ1n) is 6.79. The molecule has 4 nitrogen and oxygen atoms in total. The van der Waals surface area contributed by atoms with Crippen LogP contribution in [-0.4, -0.2) is 23.5 Å².